The fourth-order valence-electron chi connectivity index (χ4n) is 0.961. The van der Waals surface area contributed by atoms with E-state index in [4.69, 9.17) is 22.7 Å². The number of thiocarbonyl (C=S) groups is 1. The molecule has 1 rings (SSSR count). The van der Waals surface area contributed by atoms with Crippen molar-refractivity contribution >= 4 is 23.0 Å². The van der Waals surface area contributed by atoms with E-state index >= 15 is 0 Å². The lowest BCUT2D eigenvalue weighted by Gasteiger charge is -2.06. The van der Waals surface area contributed by atoms with Crippen LogP contribution in [0.25, 0.3) is 0 Å². The van der Waals surface area contributed by atoms with Gasteiger partial charge in [0.05, 0.1) is 0 Å². The summed E-state index contributed by atoms with van der Waals surface area (Å²) in [6, 6.07) is 7.40. The Morgan fingerprint density at radius 3 is 3.07 bits per heavy atom. The summed E-state index contributed by atoms with van der Waals surface area (Å²) >= 11 is 4.72. The van der Waals surface area contributed by atoms with E-state index in [-0.39, 0.29) is 5.11 Å². The summed E-state index contributed by atoms with van der Waals surface area (Å²) in [6.07, 6.45) is 1.69. The van der Waals surface area contributed by atoms with E-state index in [1.165, 1.54) is 0 Å². The van der Waals surface area contributed by atoms with Crippen LogP contribution in [-0.4, -0.2) is 11.7 Å². The molecule has 0 aliphatic carbocycles. The molecule has 0 amide bonds. The number of benzene rings is 1. The summed E-state index contributed by atoms with van der Waals surface area (Å²) < 4.78 is 5.34. The number of nitrogens with two attached hydrogens (primary N) is 1. The van der Waals surface area contributed by atoms with Crippen LogP contribution in [0, 0.1) is 0 Å². The lowest BCUT2D eigenvalue weighted by Crippen LogP contribution is -2.18. The smallest absolute Gasteiger partial charge is 0.168 e. The Labute approximate surface area is 88.6 Å². The second kappa shape index (κ2) is 5.24. The maximum Gasteiger partial charge on any atom is 0.168 e. The van der Waals surface area contributed by atoms with Crippen molar-refractivity contribution in [3.05, 3.63) is 36.9 Å². The van der Waals surface area contributed by atoms with E-state index < -0.39 is 0 Å². The van der Waals surface area contributed by atoms with Crippen LogP contribution in [0.3, 0.4) is 0 Å². The van der Waals surface area contributed by atoms with E-state index in [0.717, 1.165) is 11.4 Å². The van der Waals surface area contributed by atoms with Crippen LogP contribution in [0.4, 0.5) is 5.69 Å². The Kier molecular flexibility index (Phi) is 3.94. The Balaban J connectivity index is 2.68. The van der Waals surface area contributed by atoms with Crippen LogP contribution in [-0.2, 0) is 0 Å². The van der Waals surface area contributed by atoms with Crippen molar-refractivity contribution in [3.63, 3.8) is 0 Å². The van der Waals surface area contributed by atoms with E-state index in [1.807, 2.05) is 24.3 Å². The van der Waals surface area contributed by atoms with Gasteiger partial charge in [0.15, 0.2) is 5.11 Å². The monoisotopic (exact) mass is 208 g/mol. The van der Waals surface area contributed by atoms with Crippen molar-refractivity contribution in [1.29, 1.82) is 0 Å². The van der Waals surface area contributed by atoms with Gasteiger partial charge in [0.1, 0.15) is 12.4 Å². The first-order valence-corrected chi connectivity index (χ1v) is 4.53. The minimum Gasteiger partial charge on any atom is -0.489 e. The molecule has 0 aliphatic rings. The predicted molar refractivity (Wildman–Crippen MR) is 62.5 cm³/mol. The second-order valence-corrected chi connectivity index (χ2v) is 3.06. The van der Waals surface area contributed by atoms with Crippen LogP contribution in [0.1, 0.15) is 0 Å². The van der Waals surface area contributed by atoms with Crippen molar-refractivity contribution in [2.24, 2.45) is 5.73 Å². The lowest BCUT2D eigenvalue weighted by atomic mass is 10.3. The van der Waals surface area contributed by atoms with Crippen molar-refractivity contribution in [3.8, 4) is 5.75 Å². The number of nitrogens with one attached hydrogen (secondary N) is 1. The van der Waals surface area contributed by atoms with Gasteiger partial charge in [-0.2, -0.15) is 0 Å². The van der Waals surface area contributed by atoms with Crippen LogP contribution >= 0.6 is 12.2 Å². The fourth-order valence-corrected chi connectivity index (χ4v) is 1.08. The Morgan fingerprint density at radius 2 is 2.43 bits per heavy atom. The van der Waals surface area contributed by atoms with Gasteiger partial charge in [-0.15, -0.1) is 0 Å². The molecule has 1 aromatic carbocycles. The zero-order valence-electron chi connectivity index (χ0n) is 7.69. The maximum atomic E-state index is 5.34. The van der Waals surface area contributed by atoms with Crippen LogP contribution in [0.15, 0.2) is 36.9 Å². The molecule has 0 aliphatic heterocycles. The van der Waals surface area contributed by atoms with Gasteiger partial charge in [-0.25, -0.2) is 0 Å². The molecule has 0 unspecified atom stereocenters. The molecule has 0 fully saturated rings. The number of rotatable bonds is 4. The number of anilines is 1. The minimum atomic E-state index is 0.242. The summed E-state index contributed by atoms with van der Waals surface area (Å²) in [7, 11) is 0. The third-order valence-corrected chi connectivity index (χ3v) is 1.57. The molecule has 0 heterocycles. The highest BCUT2D eigenvalue weighted by atomic mass is 32.1. The van der Waals surface area contributed by atoms with Gasteiger partial charge < -0.3 is 15.8 Å². The zero-order chi connectivity index (χ0) is 10.4. The summed E-state index contributed by atoms with van der Waals surface area (Å²) in [4.78, 5) is 0. The molecule has 4 heteroatoms. The van der Waals surface area contributed by atoms with Gasteiger partial charge in [0.25, 0.3) is 0 Å². The highest BCUT2D eigenvalue weighted by Gasteiger charge is 1.95. The lowest BCUT2D eigenvalue weighted by molar-refractivity contribution is 0.363. The average molecular weight is 208 g/mol. The maximum absolute atomic E-state index is 5.34. The molecular formula is C10H12N2OS. The first-order valence-electron chi connectivity index (χ1n) is 4.12. The molecule has 0 bridgehead atoms. The zero-order valence-corrected chi connectivity index (χ0v) is 8.51. The van der Waals surface area contributed by atoms with Gasteiger partial charge in [-0.1, -0.05) is 18.7 Å². The number of hydrogen-bond acceptors (Lipinski definition) is 2. The molecule has 3 N–H and O–H groups in total. The van der Waals surface area contributed by atoms with Crippen LogP contribution in [0.5, 0.6) is 5.75 Å². The van der Waals surface area contributed by atoms with Gasteiger partial charge in [0, 0.05) is 11.8 Å². The number of hydrogen-bond donors (Lipinski definition) is 2. The fraction of sp³-hybridized carbons (Fsp3) is 0.100. The summed E-state index contributed by atoms with van der Waals surface area (Å²) in [5, 5.41) is 3.07. The van der Waals surface area contributed by atoms with Crippen molar-refractivity contribution in [2.75, 3.05) is 11.9 Å². The molecule has 0 radical (unpaired) electrons. The van der Waals surface area contributed by atoms with Gasteiger partial charge in [-0.3, -0.25) is 0 Å². The number of ether oxygens (including phenoxy) is 1. The van der Waals surface area contributed by atoms with E-state index in [1.54, 1.807) is 6.08 Å². The van der Waals surface area contributed by atoms with Crippen LogP contribution in [0.2, 0.25) is 0 Å². The normalized spacial score (nSPS) is 9.14. The molecular weight excluding hydrogens is 196 g/mol. The molecule has 3 nitrogen and oxygen atoms in total. The molecule has 0 saturated carbocycles. The molecule has 0 aromatic heterocycles. The largest absolute Gasteiger partial charge is 0.489 e. The Bertz CT molecular complexity index is 339. The average Bonchev–Trinajstić information content (AvgIpc) is 2.14. The highest BCUT2D eigenvalue weighted by Crippen LogP contribution is 2.16. The molecule has 0 spiro atoms. The quantitative estimate of drug-likeness (QED) is 0.586. The van der Waals surface area contributed by atoms with Crippen molar-refractivity contribution in [2.45, 2.75) is 0 Å². The minimum absolute atomic E-state index is 0.242. The van der Waals surface area contributed by atoms with Gasteiger partial charge in [-0.05, 0) is 24.4 Å². The van der Waals surface area contributed by atoms with Crippen LogP contribution < -0.4 is 15.8 Å². The second-order valence-electron chi connectivity index (χ2n) is 2.62. The molecule has 14 heavy (non-hydrogen) atoms. The summed E-state index contributed by atoms with van der Waals surface area (Å²) in [5.74, 6) is 0.756. The van der Waals surface area contributed by atoms with E-state index in [2.05, 4.69) is 11.9 Å². The van der Waals surface area contributed by atoms with Gasteiger partial charge >= 0.3 is 0 Å². The molecule has 1 aromatic rings. The SMILES string of the molecule is C=CCOc1cccc(NC(N)=S)c1. The third-order valence-electron chi connectivity index (χ3n) is 1.47. The molecule has 74 valence electrons. The summed E-state index contributed by atoms with van der Waals surface area (Å²) in [6.45, 7) is 4.05. The standard InChI is InChI=1S/C10H12N2OS/c1-2-6-13-9-5-3-4-8(7-9)12-10(11)14/h2-5,7H,1,6H2,(H3,11,12,14). The first-order chi connectivity index (χ1) is 6.72. The van der Waals surface area contributed by atoms with E-state index in [9.17, 15) is 0 Å². The van der Waals surface area contributed by atoms with Crippen molar-refractivity contribution in [1.82, 2.24) is 0 Å². The molecule has 0 atom stereocenters. The predicted octanol–water partition coefficient (Wildman–Crippen LogP) is 1.91. The summed E-state index contributed by atoms with van der Waals surface area (Å²) in [5.41, 5.74) is 6.16. The topological polar surface area (TPSA) is 47.3 Å². The van der Waals surface area contributed by atoms with Crippen molar-refractivity contribution < 1.29 is 4.74 Å². The highest BCUT2D eigenvalue weighted by molar-refractivity contribution is 7.80. The Morgan fingerprint density at radius 1 is 1.64 bits per heavy atom. The van der Waals surface area contributed by atoms with Gasteiger partial charge in [0.2, 0.25) is 0 Å². The first kappa shape index (κ1) is 10.5. The van der Waals surface area contributed by atoms with E-state index in [0.29, 0.717) is 6.61 Å². The Hall–Kier alpha value is -1.55. The third kappa shape index (κ3) is 3.45. The molecule has 0 saturated heterocycles.